The molecule has 1 amide bonds. The zero-order valence-electron chi connectivity index (χ0n) is 12.5. The van der Waals surface area contributed by atoms with Gasteiger partial charge in [0, 0.05) is 12.1 Å². The number of amides is 1. The molecule has 0 bridgehead atoms. The average molecular weight is 256 g/mol. The second kappa shape index (κ2) is 6.41. The number of hydrogen-bond donors (Lipinski definition) is 1. The monoisotopic (exact) mass is 256 g/mol. The molecule has 1 fully saturated rings. The van der Waals surface area contributed by atoms with E-state index in [4.69, 9.17) is 4.74 Å². The van der Waals surface area contributed by atoms with Gasteiger partial charge >= 0.3 is 6.09 Å². The molecule has 0 radical (unpaired) electrons. The summed E-state index contributed by atoms with van der Waals surface area (Å²) in [5.74, 6) is 0. The van der Waals surface area contributed by atoms with Gasteiger partial charge in [-0.1, -0.05) is 6.92 Å². The van der Waals surface area contributed by atoms with E-state index < -0.39 is 5.60 Å². The summed E-state index contributed by atoms with van der Waals surface area (Å²) >= 11 is 0. The Hall–Kier alpha value is -0.770. The summed E-state index contributed by atoms with van der Waals surface area (Å²) < 4.78 is 5.28. The Labute approximate surface area is 111 Å². The molecule has 0 atom stereocenters. The van der Waals surface area contributed by atoms with Crippen molar-refractivity contribution in [1.29, 1.82) is 0 Å². The molecule has 18 heavy (non-hydrogen) atoms. The van der Waals surface area contributed by atoms with Gasteiger partial charge in [-0.25, -0.2) is 4.79 Å². The highest BCUT2D eigenvalue weighted by atomic mass is 16.6. The zero-order chi connectivity index (χ0) is 13.8. The van der Waals surface area contributed by atoms with Gasteiger partial charge in [0.05, 0.1) is 0 Å². The SMILES string of the molecule is CCN(C)[C@H]1CC[C@H](NC(=O)OC(C)(C)C)CC1. The molecule has 0 aliphatic heterocycles. The van der Waals surface area contributed by atoms with Crippen LogP contribution < -0.4 is 5.32 Å². The lowest BCUT2D eigenvalue weighted by Gasteiger charge is -2.34. The number of nitrogens with zero attached hydrogens (tertiary/aromatic N) is 1. The summed E-state index contributed by atoms with van der Waals surface area (Å²) in [6.07, 6.45) is 4.13. The van der Waals surface area contributed by atoms with Gasteiger partial charge in [0.15, 0.2) is 0 Å². The Morgan fingerprint density at radius 1 is 1.28 bits per heavy atom. The fourth-order valence-corrected chi connectivity index (χ4v) is 2.39. The molecule has 106 valence electrons. The average Bonchev–Trinajstić information content (AvgIpc) is 2.26. The molecule has 1 aliphatic rings. The first-order valence-electron chi connectivity index (χ1n) is 7.01. The lowest BCUT2D eigenvalue weighted by atomic mass is 9.90. The van der Waals surface area contributed by atoms with Crippen LogP contribution in [-0.2, 0) is 4.74 Å². The van der Waals surface area contributed by atoms with Crippen LogP contribution in [-0.4, -0.2) is 42.3 Å². The summed E-state index contributed by atoms with van der Waals surface area (Å²) in [4.78, 5) is 14.0. The van der Waals surface area contributed by atoms with Crippen molar-refractivity contribution in [3.8, 4) is 0 Å². The summed E-state index contributed by atoms with van der Waals surface area (Å²) in [7, 11) is 2.17. The van der Waals surface area contributed by atoms with Crippen molar-refractivity contribution in [1.82, 2.24) is 10.2 Å². The van der Waals surface area contributed by atoms with E-state index in [2.05, 4.69) is 24.2 Å². The fraction of sp³-hybridized carbons (Fsp3) is 0.929. The molecule has 1 N–H and O–H groups in total. The third-order valence-corrected chi connectivity index (χ3v) is 3.54. The van der Waals surface area contributed by atoms with E-state index in [1.54, 1.807) is 0 Å². The number of rotatable bonds is 3. The van der Waals surface area contributed by atoms with E-state index in [1.807, 2.05) is 20.8 Å². The van der Waals surface area contributed by atoms with Gasteiger partial charge in [-0.15, -0.1) is 0 Å². The van der Waals surface area contributed by atoms with Gasteiger partial charge in [0.2, 0.25) is 0 Å². The topological polar surface area (TPSA) is 41.6 Å². The lowest BCUT2D eigenvalue weighted by Crippen LogP contribution is -2.44. The molecule has 1 rings (SSSR count). The fourth-order valence-electron chi connectivity index (χ4n) is 2.39. The molecule has 4 heteroatoms. The molecule has 1 aliphatic carbocycles. The van der Waals surface area contributed by atoms with Gasteiger partial charge in [-0.05, 0) is 60.0 Å². The van der Waals surface area contributed by atoms with Crippen LogP contribution in [0.1, 0.15) is 53.4 Å². The minimum Gasteiger partial charge on any atom is -0.444 e. The predicted molar refractivity (Wildman–Crippen MR) is 73.7 cm³/mol. The van der Waals surface area contributed by atoms with Gasteiger partial charge < -0.3 is 15.0 Å². The second-order valence-corrected chi connectivity index (χ2v) is 6.22. The van der Waals surface area contributed by atoms with Crippen molar-refractivity contribution in [2.75, 3.05) is 13.6 Å². The van der Waals surface area contributed by atoms with E-state index in [0.29, 0.717) is 6.04 Å². The molecular weight excluding hydrogens is 228 g/mol. The maximum absolute atomic E-state index is 11.7. The van der Waals surface area contributed by atoms with Crippen molar-refractivity contribution in [3.63, 3.8) is 0 Å². The molecule has 0 aromatic rings. The zero-order valence-corrected chi connectivity index (χ0v) is 12.5. The Kier molecular flexibility index (Phi) is 5.45. The first-order chi connectivity index (χ1) is 8.31. The number of nitrogens with one attached hydrogen (secondary N) is 1. The smallest absolute Gasteiger partial charge is 0.407 e. The van der Waals surface area contributed by atoms with Crippen molar-refractivity contribution in [2.24, 2.45) is 0 Å². The standard InChI is InChI=1S/C14H28N2O2/c1-6-16(5)12-9-7-11(8-10-12)15-13(17)18-14(2,3)4/h11-12H,6-10H2,1-5H3,(H,15,17)/t11-,12-. The predicted octanol–water partition coefficient (Wildman–Crippen LogP) is 2.77. The van der Waals surface area contributed by atoms with Crippen LogP contribution in [0.25, 0.3) is 0 Å². The number of alkyl carbamates (subject to hydrolysis) is 1. The van der Waals surface area contributed by atoms with Crippen molar-refractivity contribution in [3.05, 3.63) is 0 Å². The molecule has 0 aromatic heterocycles. The van der Waals surface area contributed by atoms with E-state index in [-0.39, 0.29) is 12.1 Å². The number of carbonyl (C=O) groups is 1. The van der Waals surface area contributed by atoms with E-state index >= 15 is 0 Å². The van der Waals surface area contributed by atoms with Crippen LogP contribution in [0, 0.1) is 0 Å². The van der Waals surface area contributed by atoms with Gasteiger partial charge in [0.1, 0.15) is 5.60 Å². The molecule has 0 heterocycles. The molecule has 4 nitrogen and oxygen atoms in total. The minimum atomic E-state index is -0.413. The Morgan fingerprint density at radius 3 is 2.28 bits per heavy atom. The van der Waals surface area contributed by atoms with Crippen molar-refractivity contribution < 1.29 is 9.53 Å². The van der Waals surface area contributed by atoms with Gasteiger partial charge in [-0.2, -0.15) is 0 Å². The van der Waals surface area contributed by atoms with Crippen LogP contribution in [0.4, 0.5) is 4.79 Å². The molecule has 0 aromatic carbocycles. The molecule has 0 saturated heterocycles. The van der Waals surface area contributed by atoms with E-state index in [0.717, 1.165) is 32.2 Å². The maximum atomic E-state index is 11.7. The summed E-state index contributed by atoms with van der Waals surface area (Å²) in [5.41, 5.74) is -0.413. The summed E-state index contributed by atoms with van der Waals surface area (Å²) in [5, 5.41) is 2.97. The Morgan fingerprint density at radius 2 is 1.83 bits per heavy atom. The molecule has 0 spiro atoms. The third kappa shape index (κ3) is 5.25. The van der Waals surface area contributed by atoms with Crippen LogP contribution >= 0.6 is 0 Å². The van der Waals surface area contributed by atoms with E-state index in [1.165, 1.54) is 0 Å². The van der Waals surface area contributed by atoms with Crippen LogP contribution in [0.15, 0.2) is 0 Å². The molecular formula is C14H28N2O2. The number of carbonyl (C=O) groups excluding carboxylic acids is 1. The van der Waals surface area contributed by atoms with Crippen LogP contribution in [0.3, 0.4) is 0 Å². The minimum absolute atomic E-state index is 0.279. The largest absolute Gasteiger partial charge is 0.444 e. The highest BCUT2D eigenvalue weighted by Gasteiger charge is 2.25. The molecule has 0 unspecified atom stereocenters. The van der Waals surface area contributed by atoms with E-state index in [9.17, 15) is 4.79 Å². The number of ether oxygens (including phenoxy) is 1. The quantitative estimate of drug-likeness (QED) is 0.844. The van der Waals surface area contributed by atoms with Gasteiger partial charge in [0.25, 0.3) is 0 Å². The second-order valence-electron chi connectivity index (χ2n) is 6.22. The maximum Gasteiger partial charge on any atom is 0.407 e. The van der Waals surface area contributed by atoms with Crippen molar-refractivity contribution in [2.45, 2.75) is 71.1 Å². The lowest BCUT2D eigenvalue weighted by molar-refractivity contribution is 0.0481. The highest BCUT2D eigenvalue weighted by molar-refractivity contribution is 5.68. The van der Waals surface area contributed by atoms with Crippen LogP contribution in [0.2, 0.25) is 0 Å². The first kappa shape index (κ1) is 15.3. The summed E-state index contributed by atoms with van der Waals surface area (Å²) in [6.45, 7) is 8.94. The first-order valence-corrected chi connectivity index (χ1v) is 7.01. The molecule has 1 saturated carbocycles. The number of hydrogen-bond acceptors (Lipinski definition) is 3. The Bertz CT molecular complexity index is 265. The highest BCUT2D eigenvalue weighted by Crippen LogP contribution is 2.22. The van der Waals surface area contributed by atoms with Crippen LogP contribution in [0.5, 0.6) is 0 Å². The third-order valence-electron chi connectivity index (χ3n) is 3.54. The normalized spacial score (nSPS) is 25.0. The van der Waals surface area contributed by atoms with Gasteiger partial charge in [-0.3, -0.25) is 0 Å². The van der Waals surface area contributed by atoms with Crippen molar-refractivity contribution >= 4 is 6.09 Å². The Balaban J connectivity index is 2.29. The summed E-state index contributed by atoms with van der Waals surface area (Å²) in [6, 6.07) is 0.952.